The van der Waals surface area contributed by atoms with Crippen molar-refractivity contribution in [3.05, 3.63) is 23.9 Å². The third-order valence-corrected chi connectivity index (χ3v) is 7.51. The maximum absolute atomic E-state index is 12.4. The van der Waals surface area contributed by atoms with Crippen molar-refractivity contribution in [2.45, 2.75) is 44.6 Å². The monoisotopic (exact) mass is 438 g/mol. The van der Waals surface area contributed by atoms with E-state index in [1.807, 2.05) is 11.7 Å². The molecule has 0 radical (unpaired) electrons. The number of nitrogens with zero attached hydrogens (tertiary/aromatic N) is 4. The van der Waals surface area contributed by atoms with Crippen LogP contribution in [0.1, 0.15) is 44.2 Å². The van der Waals surface area contributed by atoms with Crippen LogP contribution in [0.3, 0.4) is 0 Å². The fourth-order valence-corrected chi connectivity index (χ4v) is 5.58. The van der Waals surface area contributed by atoms with Crippen LogP contribution in [0.2, 0.25) is 0 Å². The lowest BCUT2D eigenvalue weighted by Crippen LogP contribution is -2.53. The molecular weight excluding hydrogens is 404 g/mol. The third-order valence-electron chi connectivity index (χ3n) is 7.51. The van der Waals surface area contributed by atoms with Crippen LogP contribution >= 0.6 is 0 Å². The summed E-state index contributed by atoms with van der Waals surface area (Å²) in [6, 6.07) is 6.99. The zero-order valence-electron chi connectivity index (χ0n) is 19.1. The predicted octanol–water partition coefficient (Wildman–Crippen LogP) is 1.60. The molecule has 0 spiro atoms. The Hall–Kier alpha value is -2.45. The molecule has 3 fully saturated rings. The molecular formula is C24H34N6O2. The van der Waals surface area contributed by atoms with Gasteiger partial charge in [-0.3, -0.25) is 24.5 Å². The van der Waals surface area contributed by atoms with E-state index in [1.165, 1.54) is 25.1 Å². The van der Waals surface area contributed by atoms with Gasteiger partial charge in [-0.25, -0.2) is 0 Å². The highest BCUT2D eigenvalue weighted by atomic mass is 16.2. The van der Waals surface area contributed by atoms with E-state index in [0.717, 1.165) is 55.2 Å². The van der Waals surface area contributed by atoms with Crippen LogP contribution in [0.15, 0.2) is 18.2 Å². The van der Waals surface area contributed by atoms with E-state index >= 15 is 0 Å². The fraction of sp³-hybridized carbons (Fsp3) is 0.625. The van der Waals surface area contributed by atoms with Crippen LogP contribution in [0.25, 0.3) is 10.9 Å². The molecule has 0 aliphatic carbocycles. The van der Waals surface area contributed by atoms with Crippen molar-refractivity contribution in [3.63, 3.8) is 0 Å². The summed E-state index contributed by atoms with van der Waals surface area (Å²) in [6.45, 7) is 9.02. The van der Waals surface area contributed by atoms with Crippen molar-refractivity contribution in [3.8, 4) is 0 Å². The minimum atomic E-state index is -0.360. The Labute approximate surface area is 189 Å². The quantitative estimate of drug-likeness (QED) is 0.706. The predicted molar refractivity (Wildman–Crippen MR) is 125 cm³/mol. The minimum absolute atomic E-state index is 0.192. The second-order valence-corrected chi connectivity index (χ2v) is 9.70. The number of aromatic nitrogens is 2. The van der Waals surface area contributed by atoms with Gasteiger partial charge in [-0.2, -0.15) is 5.10 Å². The Balaban J connectivity index is 1.31. The number of aryl methyl sites for hydroxylation is 1. The lowest BCUT2D eigenvalue weighted by molar-refractivity contribution is -0.134. The number of piperidine rings is 2. The second-order valence-electron chi connectivity index (χ2n) is 9.70. The summed E-state index contributed by atoms with van der Waals surface area (Å²) in [7, 11) is 1.93. The van der Waals surface area contributed by atoms with E-state index in [-0.39, 0.29) is 17.7 Å². The van der Waals surface area contributed by atoms with Gasteiger partial charge in [0.05, 0.1) is 17.1 Å². The van der Waals surface area contributed by atoms with Crippen molar-refractivity contribution in [1.82, 2.24) is 25.3 Å². The zero-order valence-corrected chi connectivity index (χ0v) is 19.1. The molecule has 3 aliphatic heterocycles. The van der Waals surface area contributed by atoms with Crippen molar-refractivity contribution < 1.29 is 9.59 Å². The number of hydrogen-bond acceptors (Lipinski definition) is 6. The number of hydrogen-bond donors (Lipinski definition) is 2. The molecule has 3 saturated heterocycles. The van der Waals surface area contributed by atoms with Gasteiger partial charge in [-0.05, 0) is 63.4 Å². The van der Waals surface area contributed by atoms with Crippen LogP contribution < -0.4 is 15.5 Å². The highest BCUT2D eigenvalue weighted by Gasteiger charge is 2.32. The van der Waals surface area contributed by atoms with Crippen LogP contribution in [-0.4, -0.2) is 71.8 Å². The van der Waals surface area contributed by atoms with Gasteiger partial charge in [0.2, 0.25) is 11.8 Å². The van der Waals surface area contributed by atoms with E-state index in [9.17, 15) is 9.59 Å². The number of benzene rings is 1. The van der Waals surface area contributed by atoms with E-state index in [1.54, 1.807) is 0 Å². The number of amides is 2. The number of anilines is 1. The zero-order chi connectivity index (χ0) is 22.2. The van der Waals surface area contributed by atoms with Crippen LogP contribution in [0, 0.1) is 5.92 Å². The maximum Gasteiger partial charge on any atom is 0.235 e. The summed E-state index contributed by atoms with van der Waals surface area (Å²) < 4.78 is 1.87. The lowest BCUT2D eigenvalue weighted by Gasteiger charge is -2.42. The normalized spacial score (nSPS) is 26.0. The molecule has 2 atom stereocenters. The Morgan fingerprint density at radius 2 is 1.94 bits per heavy atom. The molecule has 4 heterocycles. The van der Waals surface area contributed by atoms with E-state index in [4.69, 9.17) is 0 Å². The van der Waals surface area contributed by atoms with E-state index < -0.39 is 0 Å². The first-order valence-electron chi connectivity index (χ1n) is 12.0. The highest BCUT2D eigenvalue weighted by Crippen LogP contribution is 2.32. The molecule has 1 aromatic carbocycles. The molecule has 3 aliphatic rings. The molecule has 2 aromatic rings. The molecule has 2 unspecified atom stereocenters. The SMILES string of the molecule is CC1CN(c2ccc3c(C4CCC(=O)NC4=O)nn(C)c3c2)CCN1CC1CCNCC1. The average Bonchev–Trinajstić information content (AvgIpc) is 3.11. The summed E-state index contributed by atoms with van der Waals surface area (Å²) in [5.41, 5.74) is 3.02. The smallest absolute Gasteiger partial charge is 0.235 e. The van der Waals surface area contributed by atoms with Crippen LogP contribution in [-0.2, 0) is 16.6 Å². The Kier molecular flexibility index (Phi) is 5.90. The molecule has 2 N–H and O–H groups in total. The Morgan fingerprint density at radius 3 is 2.69 bits per heavy atom. The van der Waals surface area contributed by atoms with Gasteiger partial charge in [0, 0.05) is 56.8 Å². The van der Waals surface area contributed by atoms with E-state index in [0.29, 0.717) is 18.9 Å². The number of carbonyl (C=O) groups is 2. The molecule has 0 bridgehead atoms. The molecule has 172 valence electrons. The molecule has 5 rings (SSSR count). The van der Waals surface area contributed by atoms with Crippen molar-refractivity contribution >= 4 is 28.4 Å². The van der Waals surface area contributed by atoms with Gasteiger partial charge in [0.15, 0.2) is 0 Å². The summed E-state index contributed by atoms with van der Waals surface area (Å²) in [5.74, 6) is 0.0359. The Bertz CT molecular complexity index is 1010. The summed E-state index contributed by atoms with van der Waals surface area (Å²) in [6.07, 6.45) is 3.47. The van der Waals surface area contributed by atoms with Gasteiger partial charge in [-0.1, -0.05) is 0 Å². The average molecular weight is 439 g/mol. The largest absolute Gasteiger partial charge is 0.369 e. The number of fused-ring (bicyclic) bond motifs is 1. The minimum Gasteiger partial charge on any atom is -0.369 e. The first-order valence-corrected chi connectivity index (χ1v) is 12.0. The summed E-state index contributed by atoms with van der Waals surface area (Å²) in [4.78, 5) is 29.1. The number of carbonyl (C=O) groups excluding carboxylic acids is 2. The number of rotatable bonds is 4. The lowest BCUT2D eigenvalue weighted by atomic mass is 9.92. The maximum atomic E-state index is 12.4. The molecule has 1 aromatic heterocycles. The van der Waals surface area contributed by atoms with Crippen molar-refractivity contribution in [1.29, 1.82) is 0 Å². The fourth-order valence-electron chi connectivity index (χ4n) is 5.58. The Morgan fingerprint density at radius 1 is 1.12 bits per heavy atom. The highest BCUT2D eigenvalue weighted by molar-refractivity contribution is 6.02. The van der Waals surface area contributed by atoms with Gasteiger partial charge in [0.1, 0.15) is 0 Å². The van der Waals surface area contributed by atoms with Gasteiger partial charge < -0.3 is 10.2 Å². The molecule has 8 nitrogen and oxygen atoms in total. The van der Waals surface area contributed by atoms with Gasteiger partial charge in [-0.15, -0.1) is 0 Å². The number of piperazine rings is 1. The topological polar surface area (TPSA) is 82.5 Å². The van der Waals surface area contributed by atoms with Crippen LogP contribution in [0.4, 0.5) is 5.69 Å². The van der Waals surface area contributed by atoms with Gasteiger partial charge in [0.25, 0.3) is 0 Å². The first kappa shape index (κ1) is 21.4. The number of nitrogens with one attached hydrogen (secondary N) is 2. The van der Waals surface area contributed by atoms with Gasteiger partial charge >= 0.3 is 0 Å². The first-order chi connectivity index (χ1) is 15.5. The standard InChI is InChI=1S/C24H34N6O2/c1-16-14-30(12-11-29(16)15-17-7-9-25-10-8-17)18-3-4-19-21(13-18)28(2)27-23(19)20-5-6-22(31)26-24(20)32/h3-4,13,16-17,20,25H,5-12,14-15H2,1-2H3,(H,26,31,32). The molecule has 32 heavy (non-hydrogen) atoms. The van der Waals surface area contributed by atoms with Crippen molar-refractivity contribution in [2.24, 2.45) is 13.0 Å². The van der Waals surface area contributed by atoms with Crippen LogP contribution in [0.5, 0.6) is 0 Å². The molecule has 2 amide bonds. The molecule has 0 saturated carbocycles. The second kappa shape index (κ2) is 8.83. The number of imide groups is 1. The molecule has 8 heteroatoms. The van der Waals surface area contributed by atoms with E-state index in [2.05, 4.69) is 50.7 Å². The summed E-state index contributed by atoms with van der Waals surface area (Å²) in [5, 5.41) is 11.6. The third kappa shape index (κ3) is 4.13. The summed E-state index contributed by atoms with van der Waals surface area (Å²) >= 11 is 0. The van der Waals surface area contributed by atoms with Crippen molar-refractivity contribution in [2.75, 3.05) is 44.2 Å².